The van der Waals surface area contributed by atoms with Crippen LogP contribution in [-0.2, 0) is 21.1 Å². The molecule has 1 unspecified atom stereocenters. The van der Waals surface area contributed by atoms with Crippen molar-refractivity contribution in [1.29, 1.82) is 0 Å². The molecule has 6 nitrogen and oxygen atoms in total. The Bertz CT molecular complexity index is 831. The van der Waals surface area contributed by atoms with Gasteiger partial charge in [-0.1, -0.05) is 19.1 Å². The van der Waals surface area contributed by atoms with Gasteiger partial charge in [0.05, 0.1) is 17.8 Å². The minimum absolute atomic E-state index is 0.180. The van der Waals surface area contributed by atoms with E-state index in [0.717, 1.165) is 5.56 Å². The minimum Gasteiger partial charge on any atom is -0.497 e. The van der Waals surface area contributed by atoms with E-state index in [1.807, 2.05) is 12.1 Å². The van der Waals surface area contributed by atoms with Crippen molar-refractivity contribution >= 4 is 21.4 Å². The number of nitrogens with one attached hydrogen (secondary N) is 1. The Balaban J connectivity index is 1.87. The summed E-state index contributed by atoms with van der Waals surface area (Å²) in [5, 5.41) is 2.78. The summed E-state index contributed by atoms with van der Waals surface area (Å²) in [6.07, 6.45) is 0.657. The molecule has 2 aromatic carbocycles. The van der Waals surface area contributed by atoms with Gasteiger partial charge in [0, 0.05) is 18.2 Å². The van der Waals surface area contributed by atoms with Crippen LogP contribution in [0.15, 0.2) is 53.4 Å². The van der Waals surface area contributed by atoms with Crippen molar-refractivity contribution in [3.8, 4) is 5.75 Å². The quantitative estimate of drug-likeness (QED) is 0.687. The van der Waals surface area contributed by atoms with Gasteiger partial charge in [-0.3, -0.25) is 4.79 Å². The number of amides is 1. The van der Waals surface area contributed by atoms with E-state index in [9.17, 15) is 13.2 Å². The van der Waals surface area contributed by atoms with Gasteiger partial charge in [-0.25, -0.2) is 8.42 Å². The lowest BCUT2D eigenvalue weighted by molar-refractivity contribution is -0.123. The fourth-order valence-electron chi connectivity index (χ4n) is 2.47. The first kappa shape index (κ1) is 19.8. The number of ether oxygens (including phenoxy) is 1. The Morgan fingerprint density at radius 3 is 2.31 bits per heavy atom. The molecular weight excluding hydrogens is 352 g/mol. The number of sulfone groups is 1. The molecule has 1 atom stereocenters. The topological polar surface area (TPSA) is 98.5 Å². The number of carbonyl (C=O) groups is 1. The highest BCUT2D eigenvalue weighted by Gasteiger charge is 2.23. The van der Waals surface area contributed by atoms with E-state index in [0.29, 0.717) is 24.4 Å². The van der Waals surface area contributed by atoms with Crippen molar-refractivity contribution in [3.05, 3.63) is 54.1 Å². The standard InChI is InChI=1S/C19H24N2O4S/c1-14(13-26(23,24)18-9-7-17(25-2)8-10-18)19(22)21-12-11-15-3-5-16(20)6-4-15/h3-10,14H,11-13,20H2,1-2H3,(H,21,22). The molecule has 1 amide bonds. The summed E-state index contributed by atoms with van der Waals surface area (Å²) < 4.78 is 29.9. The van der Waals surface area contributed by atoms with E-state index in [4.69, 9.17) is 10.5 Å². The number of benzene rings is 2. The molecule has 0 saturated heterocycles. The number of methoxy groups -OCH3 is 1. The maximum absolute atomic E-state index is 12.4. The van der Waals surface area contributed by atoms with E-state index >= 15 is 0 Å². The van der Waals surface area contributed by atoms with Gasteiger partial charge in [0.2, 0.25) is 5.91 Å². The number of nitrogens with two attached hydrogens (primary N) is 1. The van der Waals surface area contributed by atoms with Gasteiger partial charge < -0.3 is 15.8 Å². The lowest BCUT2D eigenvalue weighted by Gasteiger charge is -2.13. The van der Waals surface area contributed by atoms with Crippen molar-refractivity contribution in [1.82, 2.24) is 5.32 Å². The molecule has 0 heterocycles. The number of anilines is 1. The second-order valence-corrected chi connectivity index (χ2v) is 8.17. The molecule has 0 aliphatic rings. The zero-order valence-corrected chi connectivity index (χ0v) is 15.8. The van der Waals surface area contributed by atoms with Gasteiger partial charge in [0.1, 0.15) is 5.75 Å². The first-order chi connectivity index (χ1) is 12.3. The van der Waals surface area contributed by atoms with Gasteiger partial charge >= 0.3 is 0 Å². The number of rotatable bonds is 8. The summed E-state index contributed by atoms with van der Waals surface area (Å²) in [5.41, 5.74) is 7.38. The van der Waals surface area contributed by atoms with Crippen molar-refractivity contribution in [2.45, 2.75) is 18.2 Å². The van der Waals surface area contributed by atoms with Crippen LogP contribution in [0.1, 0.15) is 12.5 Å². The Kier molecular flexibility index (Phi) is 6.63. The van der Waals surface area contributed by atoms with Crippen LogP contribution >= 0.6 is 0 Å². The molecule has 7 heteroatoms. The van der Waals surface area contributed by atoms with Crippen LogP contribution < -0.4 is 15.8 Å². The molecule has 3 N–H and O–H groups in total. The molecule has 26 heavy (non-hydrogen) atoms. The van der Waals surface area contributed by atoms with Crippen LogP contribution in [0, 0.1) is 5.92 Å². The highest BCUT2D eigenvalue weighted by Crippen LogP contribution is 2.18. The maximum atomic E-state index is 12.4. The molecule has 0 fully saturated rings. The third-order valence-corrected chi connectivity index (χ3v) is 5.96. The normalized spacial score (nSPS) is 12.4. The number of carbonyl (C=O) groups excluding carboxylic acids is 1. The molecule has 0 radical (unpaired) electrons. The number of nitrogen functional groups attached to an aromatic ring is 1. The van der Waals surface area contributed by atoms with E-state index in [2.05, 4.69) is 5.32 Å². The third-order valence-electron chi connectivity index (χ3n) is 4.03. The highest BCUT2D eigenvalue weighted by molar-refractivity contribution is 7.91. The largest absolute Gasteiger partial charge is 0.497 e. The van der Waals surface area contributed by atoms with Crippen molar-refractivity contribution in [2.24, 2.45) is 5.92 Å². The Morgan fingerprint density at radius 1 is 1.12 bits per heavy atom. The fraction of sp³-hybridized carbons (Fsp3) is 0.316. The van der Waals surface area contributed by atoms with Gasteiger partial charge in [0.15, 0.2) is 9.84 Å². The van der Waals surface area contributed by atoms with E-state index in [1.54, 1.807) is 31.2 Å². The second-order valence-electron chi connectivity index (χ2n) is 6.14. The Labute approximate surface area is 154 Å². The lowest BCUT2D eigenvalue weighted by Crippen LogP contribution is -2.34. The zero-order chi connectivity index (χ0) is 19.2. The molecule has 2 rings (SSSR count). The van der Waals surface area contributed by atoms with Crippen molar-refractivity contribution < 1.29 is 17.9 Å². The molecule has 0 aromatic heterocycles. The number of hydrogen-bond acceptors (Lipinski definition) is 5. The monoisotopic (exact) mass is 376 g/mol. The summed E-state index contributed by atoms with van der Waals surface area (Å²) in [6.45, 7) is 2.05. The molecule has 0 aliphatic carbocycles. The predicted octanol–water partition coefficient (Wildman–Crippen LogP) is 2.05. The summed E-state index contributed by atoms with van der Waals surface area (Å²) in [7, 11) is -2.03. The molecule has 140 valence electrons. The van der Waals surface area contributed by atoms with Crippen LogP contribution in [0.5, 0.6) is 5.75 Å². The van der Waals surface area contributed by atoms with Crippen LogP contribution in [-0.4, -0.2) is 33.7 Å². The van der Waals surface area contributed by atoms with Gasteiger partial charge in [-0.2, -0.15) is 0 Å². The van der Waals surface area contributed by atoms with Crippen molar-refractivity contribution in [3.63, 3.8) is 0 Å². The fourth-order valence-corrected chi connectivity index (χ4v) is 4.03. The lowest BCUT2D eigenvalue weighted by atomic mass is 10.1. The molecular formula is C19H24N2O4S. The highest BCUT2D eigenvalue weighted by atomic mass is 32.2. The molecule has 0 spiro atoms. The molecule has 2 aromatic rings. The van der Waals surface area contributed by atoms with Crippen LogP contribution in [0.3, 0.4) is 0 Å². The second kappa shape index (κ2) is 8.71. The molecule has 0 aliphatic heterocycles. The summed E-state index contributed by atoms with van der Waals surface area (Å²) in [4.78, 5) is 12.4. The Morgan fingerprint density at radius 2 is 1.73 bits per heavy atom. The van der Waals surface area contributed by atoms with E-state index in [-0.39, 0.29) is 16.6 Å². The SMILES string of the molecule is COc1ccc(S(=O)(=O)CC(C)C(=O)NCCc2ccc(N)cc2)cc1. The predicted molar refractivity (Wildman–Crippen MR) is 102 cm³/mol. The first-order valence-corrected chi connectivity index (χ1v) is 9.96. The van der Waals surface area contributed by atoms with Crippen molar-refractivity contribution in [2.75, 3.05) is 25.1 Å². The maximum Gasteiger partial charge on any atom is 0.223 e. The van der Waals surface area contributed by atoms with Crippen LogP contribution in [0.25, 0.3) is 0 Å². The average molecular weight is 376 g/mol. The zero-order valence-electron chi connectivity index (χ0n) is 14.9. The smallest absolute Gasteiger partial charge is 0.223 e. The van der Waals surface area contributed by atoms with E-state index < -0.39 is 15.8 Å². The first-order valence-electron chi connectivity index (χ1n) is 8.31. The minimum atomic E-state index is -3.54. The Hall–Kier alpha value is -2.54. The molecule has 0 saturated carbocycles. The van der Waals surface area contributed by atoms with E-state index in [1.165, 1.54) is 19.2 Å². The van der Waals surface area contributed by atoms with Crippen LogP contribution in [0.2, 0.25) is 0 Å². The number of hydrogen-bond donors (Lipinski definition) is 2. The van der Waals surface area contributed by atoms with Gasteiger partial charge in [0.25, 0.3) is 0 Å². The molecule has 0 bridgehead atoms. The average Bonchev–Trinajstić information content (AvgIpc) is 2.63. The summed E-state index contributed by atoms with van der Waals surface area (Å²) in [5.74, 6) is -0.587. The third kappa shape index (κ3) is 5.49. The van der Waals surface area contributed by atoms with Gasteiger partial charge in [-0.05, 0) is 48.4 Å². The van der Waals surface area contributed by atoms with Crippen LogP contribution in [0.4, 0.5) is 5.69 Å². The van der Waals surface area contributed by atoms with Gasteiger partial charge in [-0.15, -0.1) is 0 Å². The summed E-state index contributed by atoms with van der Waals surface area (Å²) in [6, 6.07) is 13.6. The summed E-state index contributed by atoms with van der Waals surface area (Å²) >= 11 is 0.